The van der Waals surface area contributed by atoms with Crippen molar-refractivity contribution in [3.05, 3.63) is 34.9 Å². The molecule has 0 amide bonds. The number of rotatable bonds is 6. The third kappa shape index (κ3) is 3.58. The van der Waals surface area contributed by atoms with Crippen LogP contribution in [-0.4, -0.2) is 19.8 Å². The van der Waals surface area contributed by atoms with Crippen LogP contribution in [-0.2, 0) is 4.74 Å². The Balaban J connectivity index is 1.92. The molecule has 1 atom stereocenters. The largest absolute Gasteiger partial charge is 0.378 e. The minimum atomic E-state index is 0.479. The van der Waals surface area contributed by atoms with Crippen LogP contribution < -0.4 is 5.32 Å². The zero-order valence-electron chi connectivity index (χ0n) is 12.7. The molecule has 1 aliphatic carbocycles. The number of hydrogen-bond donors (Lipinski definition) is 1. The summed E-state index contributed by atoms with van der Waals surface area (Å²) in [5.74, 6) is 0.815. The number of ether oxygens (including phenoxy) is 1. The van der Waals surface area contributed by atoms with Gasteiger partial charge in [-0.25, -0.2) is 0 Å². The smallest absolute Gasteiger partial charge is 0.0580 e. The van der Waals surface area contributed by atoms with Crippen molar-refractivity contribution in [2.45, 2.75) is 52.2 Å². The van der Waals surface area contributed by atoms with E-state index in [1.165, 1.54) is 36.0 Å². The lowest BCUT2D eigenvalue weighted by atomic mass is 9.77. The Morgan fingerprint density at radius 1 is 1.26 bits per heavy atom. The van der Waals surface area contributed by atoms with Crippen LogP contribution in [0.4, 0.5) is 0 Å². The fourth-order valence-electron chi connectivity index (χ4n) is 2.97. The van der Waals surface area contributed by atoms with E-state index in [0.29, 0.717) is 12.1 Å². The highest BCUT2D eigenvalue weighted by molar-refractivity contribution is 5.31. The molecule has 2 heteroatoms. The molecule has 1 aliphatic rings. The molecule has 0 aromatic heterocycles. The predicted molar refractivity (Wildman–Crippen MR) is 80.5 cm³/mol. The third-order valence-corrected chi connectivity index (χ3v) is 4.45. The molecule has 1 unspecified atom stereocenters. The van der Waals surface area contributed by atoms with Crippen molar-refractivity contribution in [3.8, 4) is 0 Å². The molecule has 1 N–H and O–H groups in total. The average Bonchev–Trinajstić information content (AvgIpc) is 2.36. The van der Waals surface area contributed by atoms with Crippen molar-refractivity contribution in [2.24, 2.45) is 5.92 Å². The van der Waals surface area contributed by atoms with Crippen LogP contribution in [0.3, 0.4) is 0 Å². The molecule has 1 aromatic carbocycles. The van der Waals surface area contributed by atoms with Gasteiger partial charge in [0.1, 0.15) is 0 Å². The molecule has 0 radical (unpaired) electrons. The van der Waals surface area contributed by atoms with Crippen LogP contribution >= 0.6 is 0 Å². The van der Waals surface area contributed by atoms with Gasteiger partial charge in [-0.15, -0.1) is 0 Å². The summed E-state index contributed by atoms with van der Waals surface area (Å²) in [5, 5.41) is 3.47. The van der Waals surface area contributed by atoms with Crippen LogP contribution in [0.5, 0.6) is 0 Å². The van der Waals surface area contributed by atoms with Crippen molar-refractivity contribution in [3.63, 3.8) is 0 Å². The summed E-state index contributed by atoms with van der Waals surface area (Å²) in [5.41, 5.74) is 4.18. The molecule has 0 bridgehead atoms. The maximum atomic E-state index is 5.64. The maximum absolute atomic E-state index is 5.64. The van der Waals surface area contributed by atoms with Crippen LogP contribution in [0, 0.1) is 19.8 Å². The van der Waals surface area contributed by atoms with Gasteiger partial charge in [-0.3, -0.25) is 0 Å². The second-order valence-electron chi connectivity index (χ2n) is 5.84. The number of hydrogen-bond acceptors (Lipinski definition) is 2. The van der Waals surface area contributed by atoms with Crippen molar-refractivity contribution in [1.82, 2.24) is 5.32 Å². The quantitative estimate of drug-likeness (QED) is 0.841. The predicted octanol–water partition coefficient (Wildman–Crippen LogP) is 3.77. The average molecular weight is 261 g/mol. The Kier molecular flexibility index (Phi) is 5.00. The summed E-state index contributed by atoms with van der Waals surface area (Å²) >= 11 is 0. The molecular weight excluding hydrogens is 234 g/mol. The van der Waals surface area contributed by atoms with Gasteiger partial charge in [-0.1, -0.05) is 18.2 Å². The molecule has 0 saturated heterocycles. The van der Waals surface area contributed by atoms with E-state index in [9.17, 15) is 0 Å². The van der Waals surface area contributed by atoms with E-state index >= 15 is 0 Å². The van der Waals surface area contributed by atoms with Gasteiger partial charge in [-0.2, -0.15) is 0 Å². The minimum Gasteiger partial charge on any atom is -0.378 e. The summed E-state index contributed by atoms with van der Waals surface area (Å²) in [7, 11) is 2.07. The van der Waals surface area contributed by atoms with Gasteiger partial charge in [-0.05, 0) is 69.7 Å². The van der Waals surface area contributed by atoms with Gasteiger partial charge in [0.15, 0.2) is 0 Å². The Morgan fingerprint density at radius 3 is 2.58 bits per heavy atom. The molecule has 2 nitrogen and oxygen atoms in total. The maximum Gasteiger partial charge on any atom is 0.0580 e. The van der Waals surface area contributed by atoms with Gasteiger partial charge < -0.3 is 10.1 Å². The second-order valence-corrected chi connectivity index (χ2v) is 5.84. The van der Waals surface area contributed by atoms with Crippen molar-refractivity contribution < 1.29 is 4.74 Å². The van der Waals surface area contributed by atoms with E-state index in [-0.39, 0.29) is 0 Å². The Morgan fingerprint density at radius 2 is 2.00 bits per heavy atom. The first-order chi connectivity index (χ1) is 9.13. The van der Waals surface area contributed by atoms with Gasteiger partial charge in [0.25, 0.3) is 0 Å². The van der Waals surface area contributed by atoms with Gasteiger partial charge in [0, 0.05) is 12.6 Å². The summed E-state index contributed by atoms with van der Waals surface area (Å²) in [4.78, 5) is 0. The monoisotopic (exact) mass is 261 g/mol. The van der Waals surface area contributed by atoms with E-state index in [1.54, 1.807) is 0 Å². The molecule has 2 rings (SSSR count). The molecule has 1 saturated carbocycles. The summed E-state index contributed by atoms with van der Waals surface area (Å²) in [6.07, 6.45) is 4.21. The van der Waals surface area contributed by atoms with Crippen LogP contribution in [0.1, 0.15) is 48.9 Å². The van der Waals surface area contributed by atoms with E-state index in [2.05, 4.69) is 51.3 Å². The molecule has 1 aromatic rings. The molecular formula is C17H27NO. The number of benzene rings is 1. The van der Waals surface area contributed by atoms with Crippen molar-refractivity contribution >= 4 is 0 Å². The molecule has 0 spiro atoms. The van der Waals surface area contributed by atoms with Crippen LogP contribution in [0.15, 0.2) is 18.2 Å². The summed E-state index contributed by atoms with van der Waals surface area (Å²) in [6.45, 7) is 7.30. The third-order valence-electron chi connectivity index (χ3n) is 4.45. The van der Waals surface area contributed by atoms with Crippen LogP contribution in [0.25, 0.3) is 0 Å². The molecule has 0 aliphatic heterocycles. The SMILES string of the molecule is CCOC1CC(CC(NC)c2ccc(C)c(C)c2)C1. The van der Waals surface area contributed by atoms with Crippen LogP contribution in [0.2, 0.25) is 0 Å². The number of aryl methyl sites for hydroxylation is 2. The first-order valence-electron chi connectivity index (χ1n) is 7.50. The van der Waals surface area contributed by atoms with Gasteiger partial charge >= 0.3 is 0 Å². The molecule has 106 valence electrons. The lowest BCUT2D eigenvalue weighted by molar-refractivity contribution is -0.0289. The zero-order chi connectivity index (χ0) is 13.8. The van der Waals surface area contributed by atoms with Crippen molar-refractivity contribution in [1.29, 1.82) is 0 Å². The minimum absolute atomic E-state index is 0.479. The number of nitrogens with one attached hydrogen (secondary N) is 1. The highest BCUT2D eigenvalue weighted by Crippen LogP contribution is 2.37. The zero-order valence-corrected chi connectivity index (χ0v) is 12.7. The second kappa shape index (κ2) is 6.53. The van der Waals surface area contributed by atoms with Gasteiger partial charge in [0.05, 0.1) is 6.10 Å². The fraction of sp³-hybridized carbons (Fsp3) is 0.647. The van der Waals surface area contributed by atoms with Crippen molar-refractivity contribution in [2.75, 3.05) is 13.7 Å². The van der Waals surface area contributed by atoms with E-state index in [0.717, 1.165) is 12.5 Å². The molecule has 1 fully saturated rings. The fourth-order valence-corrected chi connectivity index (χ4v) is 2.97. The lowest BCUT2D eigenvalue weighted by Crippen LogP contribution is -2.34. The first kappa shape index (κ1) is 14.5. The topological polar surface area (TPSA) is 21.3 Å². The van der Waals surface area contributed by atoms with E-state index < -0.39 is 0 Å². The highest BCUT2D eigenvalue weighted by atomic mass is 16.5. The lowest BCUT2D eigenvalue weighted by Gasteiger charge is -2.37. The Hall–Kier alpha value is -0.860. The Bertz CT molecular complexity index is 410. The standard InChI is InChI=1S/C17H27NO/c1-5-19-16-9-14(10-16)11-17(18-4)15-7-6-12(2)13(3)8-15/h6-8,14,16-18H,5,9-11H2,1-4H3. The normalized spacial score (nSPS) is 24.0. The summed E-state index contributed by atoms with van der Waals surface area (Å²) < 4.78 is 5.64. The molecule has 0 heterocycles. The molecule has 19 heavy (non-hydrogen) atoms. The summed E-state index contributed by atoms with van der Waals surface area (Å²) in [6, 6.07) is 7.31. The Labute approximate surface area is 117 Å². The van der Waals surface area contributed by atoms with Gasteiger partial charge in [0.2, 0.25) is 0 Å². The van der Waals surface area contributed by atoms with E-state index in [4.69, 9.17) is 4.74 Å². The van der Waals surface area contributed by atoms with E-state index in [1.807, 2.05) is 0 Å². The first-order valence-corrected chi connectivity index (χ1v) is 7.50. The highest BCUT2D eigenvalue weighted by Gasteiger charge is 2.31.